The van der Waals surface area contributed by atoms with Crippen LogP contribution in [0.2, 0.25) is 0 Å². The van der Waals surface area contributed by atoms with Gasteiger partial charge in [-0.15, -0.1) is 0 Å². The second-order valence-corrected chi connectivity index (χ2v) is 3.68. The third kappa shape index (κ3) is 1.51. The van der Waals surface area contributed by atoms with Crippen LogP contribution in [0.15, 0.2) is 0 Å². The van der Waals surface area contributed by atoms with E-state index in [0.29, 0.717) is 0 Å². The van der Waals surface area contributed by atoms with Gasteiger partial charge in [-0.3, -0.25) is 0 Å². The molecule has 1 nitrogen and oxygen atoms in total. The van der Waals surface area contributed by atoms with Crippen LogP contribution in [-0.4, -0.2) is 24.0 Å². The van der Waals surface area contributed by atoms with Crippen LogP contribution < -0.4 is 0 Å². The highest BCUT2D eigenvalue weighted by molar-refractivity contribution is 4.84. The standard InChI is InChI=1S/C9H17N/c1-2-4-8-10(7-3-1)9-5-6-9/h9H,1-8H2. The molecule has 0 aromatic carbocycles. The van der Waals surface area contributed by atoms with Crippen molar-refractivity contribution in [1.29, 1.82) is 0 Å². The minimum absolute atomic E-state index is 1.01. The summed E-state index contributed by atoms with van der Waals surface area (Å²) in [7, 11) is 0. The van der Waals surface area contributed by atoms with Gasteiger partial charge in [0.1, 0.15) is 0 Å². The van der Waals surface area contributed by atoms with E-state index in [2.05, 4.69) is 4.90 Å². The van der Waals surface area contributed by atoms with E-state index in [4.69, 9.17) is 0 Å². The lowest BCUT2D eigenvalue weighted by Crippen LogP contribution is -2.26. The highest BCUT2D eigenvalue weighted by atomic mass is 15.2. The van der Waals surface area contributed by atoms with Gasteiger partial charge in [0.15, 0.2) is 0 Å². The molecule has 0 spiro atoms. The summed E-state index contributed by atoms with van der Waals surface area (Å²) in [5.41, 5.74) is 0. The van der Waals surface area contributed by atoms with Gasteiger partial charge in [-0.1, -0.05) is 12.8 Å². The lowest BCUT2D eigenvalue weighted by Gasteiger charge is -2.18. The first-order valence-corrected chi connectivity index (χ1v) is 4.71. The number of rotatable bonds is 1. The lowest BCUT2D eigenvalue weighted by molar-refractivity contribution is 0.275. The Labute approximate surface area is 63.4 Å². The zero-order valence-electron chi connectivity index (χ0n) is 6.68. The largest absolute Gasteiger partial charge is 0.300 e. The number of hydrogen-bond donors (Lipinski definition) is 0. The van der Waals surface area contributed by atoms with Crippen LogP contribution in [0.5, 0.6) is 0 Å². The summed E-state index contributed by atoms with van der Waals surface area (Å²) in [6, 6.07) is 1.01. The van der Waals surface area contributed by atoms with E-state index in [1.165, 1.54) is 51.6 Å². The third-order valence-electron chi connectivity index (χ3n) is 2.70. The molecule has 1 aliphatic heterocycles. The molecule has 2 rings (SSSR count). The molecule has 58 valence electrons. The van der Waals surface area contributed by atoms with E-state index in [1.54, 1.807) is 0 Å². The van der Waals surface area contributed by atoms with Crippen molar-refractivity contribution < 1.29 is 0 Å². The molecule has 2 aliphatic rings. The van der Waals surface area contributed by atoms with E-state index in [-0.39, 0.29) is 0 Å². The van der Waals surface area contributed by atoms with Crippen molar-refractivity contribution in [3.63, 3.8) is 0 Å². The van der Waals surface area contributed by atoms with Crippen LogP contribution in [0.1, 0.15) is 38.5 Å². The zero-order chi connectivity index (χ0) is 6.81. The predicted molar refractivity (Wildman–Crippen MR) is 43.1 cm³/mol. The Morgan fingerprint density at radius 3 is 1.90 bits per heavy atom. The van der Waals surface area contributed by atoms with Crippen LogP contribution in [-0.2, 0) is 0 Å². The van der Waals surface area contributed by atoms with Gasteiger partial charge in [0.2, 0.25) is 0 Å². The molecule has 0 N–H and O–H groups in total. The second-order valence-electron chi connectivity index (χ2n) is 3.68. The van der Waals surface area contributed by atoms with Crippen molar-refractivity contribution >= 4 is 0 Å². The summed E-state index contributed by atoms with van der Waals surface area (Å²) < 4.78 is 0. The Morgan fingerprint density at radius 1 is 0.800 bits per heavy atom. The van der Waals surface area contributed by atoms with Crippen LogP contribution in [0.3, 0.4) is 0 Å². The van der Waals surface area contributed by atoms with Gasteiger partial charge in [-0.05, 0) is 38.8 Å². The highest BCUT2D eigenvalue weighted by Gasteiger charge is 2.28. The molecule has 1 heterocycles. The Balaban J connectivity index is 1.81. The second kappa shape index (κ2) is 2.91. The third-order valence-corrected chi connectivity index (χ3v) is 2.70. The monoisotopic (exact) mass is 139 g/mol. The molecule has 0 aromatic heterocycles. The molecular formula is C9H17N. The molecule has 0 unspecified atom stereocenters. The first kappa shape index (κ1) is 6.66. The average Bonchev–Trinajstić information content (AvgIpc) is 2.76. The molecule has 0 amide bonds. The number of likely N-dealkylation sites (tertiary alicyclic amines) is 1. The average molecular weight is 139 g/mol. The molecule has 0 bridgehead atoms. The van der Waals surface area contributed by atoms with Crippen molar-refractivity contribution in [2.24, 2.45) is 0 Å². The van der Waals surface area contributed by atoms with Crippen molar-refractivity contribution in [2.45, 2.75) is 44.6 Å². The predicted octanol–water partition coefficient (Wildman–Crippen LogP) is 2.02. The summed E-state index contributed by atoms with van der Waals surface area (Å²) >= 11 is 0. The summed E-state index contributed by atoms with van der Waals surface area (Å²) in [5.74, 6) is 0. The molecule has 0 radical (unpaired) electrons. The zero-order valence-corrected chi connectivity index (χ0v) is 6.68. The minimum atomic E-state index is 1.01. The fourth-order valence-electron chi connectivity index (χ4n) is 1.90. The quantitative estimate of drug-likeness (QED) is 0.537. The summed E-state index contributed by atoms with van der Waals surface area (Å²) in [5, 5.41) is 0. The van der Waals surface area contributed by atoms with Crippen molar-refractivity contribution in [2.75, 3.05) is 13.1 Å². The lowest BCUT2D eigenvalue weighted by atomic mass is 10.2. The molecule has 2 fully saturated rings. The minimum Gasteiger partial charge on any atom is -0.300 e. The maximum Gasteiger partial charge on any atom is 0.00964 e. The summed E-state index contributed by atoms with van der Waals surface area (Å²) in [6.45, 7) is 2.79. The maximum atomic E-state index is 2.70. The van der Waals surface area contributed by atoms with Gasteiger partial charge in [0.25, 0.3) is 0 Å². The van der Waals surface area contributed by atoms with Gasteiger partial charge in [-0.2, -0.15) is 0 Å². The first-order chi connectivity index (χ1) is 4.97. The van der Waals surface area contributed by atoms with E-state index in [1.807, 2.05) is 0 Å². The maximum absolute atomic E-state index is 2.70. The van der Waals surface area contributed by atoms with Crippen molar-refractivity contribution in [3.8, 4) is 0 Å². The first-order valence-electron chi connectivity index (χ1n) is 4.71. The smallest absolute Gasteiger partial charge is 0.00964 e. The molecule has 10 heavy (non-hydrogen) atoms. The molecule has 1 aliphatic carbocycles. The van der Waals surface area contributed by atoms with Gasteiger partial charge in [0, 0.05) is 6.04 Å². The summed E-state index contributed by atoms with van der Waals surface area (Å²) in [6.07, 6.45) is 8.83. The van der Waals surface area contributed by atoms with Crippen LogP contribution in [0.25, 0.3) is 0 Å². The van der Waals surface area contributed by atoms with Crippen LogP contribution in [0.4, 0.5) is 0 Å². The molecule has 1 saturated heterocycles. The topological polar surface area (TPSA) is 3.24 Å². The Morgan fingerprint density at radius 2 is 1.40 bits per heavy atom. The van der Waals surface area contributed by atoms with Gasteiger partial charge >= 0.3 is 0 Å². The Hall–Kier alpha value is -0.0400. The Bertz CT molecular complexity index is 99.3. The van der Waals surface area contributed by atoms with Crippen molar-refractivity contribution in [3.05, 3.63) is 0 Å². The fraction of sp³-hybridized carbons (Fsp3) is 1.00. The highest BCUT2D eigenvalue weighted by Crippen LogP contribution is 2.28. The van der Waals surface area contributed by atoms with Crippen LogP contribution >= 0.6 is 0 Å². The molecule has 0 atom stereocenters. The molecule has 0 aromatic rings. The van der Waals surface area contributed by atoms with Crippen LogP contribution in [0, 0.1) is 0 Å². The van der Waals surface area contributed by atoms with E-state index in [0.717, 1.165) is 6.04 Å². The fourth-order valence-corrected chi connectivity index (χ4v) is 1.90. The normalized spacial score (nSPS) is 30.0. The van der Waals surface area contributed by atoms with Crippen molar-refractivity contribution in [1.82, 2.24) is 4.90 Å². The van der Waals surface area contributed by atoms with Gasteiger partial charge in [0.05, 0.1) is 0 Å². The number of nitrogens with zero attached hydrogens (tertiary/aromatic N) is 1. The summed E-state index contributed by atoms with van der Waals surface area (Å²) in [4.78, 5) is 2.70. The van der Waals surface area contributed by atoms with Gasteiger partial charge < -0.3 is 4.90 Å². The molecular weight excluding hydrogens is 122 g/mol. The molecule has 1 saturated carbocycles. The van der Waals surface area contributed by atoms with E-state index >= 15 is 0 Å². The Kier molecular flexibility index (Phi) is 1.94. The van der Waals surface area contributed by atoms with E-state index < -0.39 is 0 Å². The molecule has 1 heteroatoms. The van der Waals surface area contributed by atoms with Gasteiger partial charge in [-0.25, -0.2) is 0 Å². The SMILES string of the molecule is C1CCCN(C2CC2)CC1. The van der Waals surface area contributed by atoms with E-state index in [9.17, 15) is 0 Å². The number of hydrogen-bond acceptors (Lipinski definition) is 1.